The molecule has 8 heteroatoms. The van der Waals surface area contributed by atoms with E-state index in [0.717, 1.165) is 6.20 Å². The zero-order chi connectivity index (χ0) is 16.3. The molecule has 0 saturated heterocycles. The van der Waals surface area contributed by atoms with Crippen molar-refractivity contribution in [3.05, 3.63) is 41.7 Å². The maximum atomic E-state index is 12.2. The summed E-state index contributed by atoms with van der Waals surface area (Å²) in [6.07, 6.45) is 1.12. The van der Waals surface area contributed by atoms with Gasteiger partial charge in [0.2, 0.25) is 5.91 Å². The zero-order valence-corrected chi connectivity index (χ0v) is 12.0. The molecule has 0 aliphatic heterocycles. The Balaban J connectivity index is 2.17. The van der Waals surface area contributed by atoms with Gasteiger partial charge in [-0.25, -0.2) is 4.79 Å². The van der Waals surface area contributed by atoms with Crippen LogP contribution in [0, 0.1) is 0 Å². The molecule has 8 nitrogen and oxygen atoms in total. The summed E-state index contributed by atoms with van der Waals surface area (Å²) < 4.78 is 1.20. The molecule has 2 rings (SSSR count). The Kier molecular flexibility index (Phi) is 4.21. The van der Waals surface area contributed by atoms with Crippen molar-refractivity contribution in [2.45, 2.75) is 6.92 Å². The third-order valence-corrected chi connectivity index (χ3v) is 2.85. The molecule has 2 aromatic rings. The number of anilines is 2. The highest BCUT2D eigenvalue weighted by Gasteiger charge is 2.21. The first-order chi connectivity index (χ1) is 10.4. The third-order valence-electron chi connectivity index (χ3n) is 2.85. The molecule has 0 spiro atoms. The molecule has 0 unspecified atom stereocenters. The number of amides is 2. The molecule has 0 bridgehead atoms. The van der Waals surface area contributed by atoms with E-state index in [4.69, 9.17) is 5.11 Å². The first-order valence-electron chi connectivity index (χ1n) is 6.33. The molecular weight excluding hydrogens is 288 g/mol. The van der Waals surface area contributed by atoms with Gasteiger partial charge in [0.15, 0.2) is 0 Å². The minimum Gasteiger partial charge on any atom is -0.478 e. The second kappa shape index (κ2) is 6.08. The van der Waals surface area contributed by atoms with Gasteiger partial charge in [0.1, 0.15) is 11.3 Å². The molecule has 1 aromatic heterocycles. The van der Waals surface area contributed by atoms with E-state index in [0.29, 0.717) is 11.4 Å². The van der Waals surface area contributed by atoms with Crippen molar-refractivity contribution in [3.8, 4) is 0 Å². The molecular formula is C14H14N4O4. The fourth-order valence-electron chi connectivity index (χ4n) is 1.89. The molecule has 1 aromatic carbocycles. The fourth-order valence-corrected chi connectivity index (χ4v) is 1.89. The van der Waals surface area contributed by atoms with E-state index in [9.17, 15) is 14.4 Å². The number of rotatable bonds is 4. The van der Waals surface area contributed by atoms with Crippen LogP contribution in [0.1, 0.15) is 27.8 Å². The summed E-state index contributed by atoms with van der Waals surface area (Å²) >= 11 is 0. The molecule has 0 aliphatic rings. The predicted octanol–water partition coefficient (Wildman–Crippen LogP) is 1.33. The second-order valence-electron chi connectivity index (χ2n) is 4.55. The topological polar surface area (TPSA) is 113 Å². The van der Waals surface area contributed by atoms with Crippen LogP contribution in [0.4, 0.5) is 11.4 Å². The number of hydrogen-bond donors (Lipinski definition) is 3. The smallest absolute Gasteiger partial charge is 0.339 e. The minimum absolute atomic E-state index is 0.0431. The Bertz CT molecular complexity index is 734. The fraction of sp³-hybridized carbons (Fsp3) is 0.143. The number of aryl methyl sites for hydroxylation is 1. The minimum atomic E-state index is -1.22. The Hall–Kier alpha value is -3.16. The van der Waals surface area contributed by atoms with Crippen LogP contribution < -0.4 is 10.6 Å². The van der Waals surface area contributed by atoms with Gasteiger partial charge in [-0.3, -0.25) is 14.3 Å². The SMILES string of the molecule is CC(=O)Nc1ccc(NC(=O)c2c(C(=O)O)cnn2C)cc1. The molecule has 114 valence electrons. The van der Waals surface area contributed by atoms with Crippen LogP contribution in [-0.2, 0) is 11.8 Å². The van der Waals surface area contributed by atoms with Gasteiger partial charge in [0.25, 0.3) is 5.91 Å². The van der Waals surface area contributed by atoms with E-state index in [-0.39, 0.29) is 17.2 Å². The van der Waals surface area contributed by atoms with E-state index < -0.39 is 11.9 Å². The lowest BCUT2D eigenvalue weighted by atomic mass is 10.2. The van der Waals surface area contributed by atoms with Gasteiger partial charge >= 0.3 is 5.97 Å². The van der Waals surface area contributed by atoms with E-state index in [1.807, 2.05) is 0 Å². The number of aromatic nitrogens is 2. The summed E-state index contributed by atoms with van der Waals surface area (Å²) in [5, 5.41) is 18.0. The van der Waals surface area contributed by atoms with Crippen molar-refractivity contribution in [2.75, 3.05) is 10.6 Å². The summed E-state index contributed by atoms with van der Waals surface area (Å²) in [4.78, 5) is 34.2. The number of carboxylic acids is 1. The number of aromatic carboxylic acids is 1. The number of nitrogens with one attached hydrogen (secondary N) is 2. The normalized spacial score (nSPS) is 10.1. The quantitative estimate of drug-likeness (QED) is 0.788. The van der Waals surface area contributed by atoms with E-state index in [1.165, 1.54) is 18.7 Å². The number of carbonyl (C=O) groups is 3. The van der Waals surface area contributed by atoms with Crippen molar-refractivity contribution in [3.63, 3.8) is 0 Å². The molecule has 0 radical (unpaired) electrons. The number of nitrogens with zero attached hydrogens (tertiary/aromatic N) is 2. The van der Waals surface area contributed by atoms with Gasteiger partial charge in [-0.15, -0.1) is 0 Å². The van der Waals surface area contributed by atoms with Crippen molar-refractivity contribution < 1.29 is 19.5 Å². The Morgan fingerprint density at radius 2 is 1.64 bits per heavy atom. The van der Waals surface area contributed by atoms with Gasteiger partial charge < -0.3 is 15.7 Å². The number of carbonyl (C=O) groups excluding carboxylic acids is 2. The van der Waals surface area contributed by atoms with Crippen LogP contribution in [0.3, 0.4) is 0 Å². The lowest BCUT2D eigenvalue weighted by Crippen LogP contribution is -2.19. The summed E-state index contributed by atoms with van der Waals surface area (Å²) in [5.41, 5.74) is 0.849. The van der Waals surface area contributed by atoms with Gasteiger partial charge in [0.05, 0.1) is 6.20 Å². The summed E-state index contributed by atoms with van der Waals surface area (Å²) in [6, 6.07) is 6.44. The van der Waals surface area contributed by atoms with Crippen LogP contribution in [-0.4, -0.2) is 32.7 Å². The summed E-state index contributed by atoms with van der Waals surface area (Å²) in [5.74, 6) is -2.00. The van der Waals surface area contributed by atoms with E-state index >= 15 is 0 Å². The largest absolute Gasteiger partial charge is 0.478 e. The number of carboxylic acid groups (broad SMARTS) is 1. The van der Waals surface area contributed by atoms with Crippen molar-refractivity contribution in [1.29, 1.82) is 0 Å². The van der Waals surface area contributed by atoms with E-state index in [2.05, 4.69) is 15.7 Å². The highest BCUT2D eigenvalue weighted by Crippen LogP contribution is 2.16. The second-order valence-corrected chi connectivity index (χ2v) is 4.55. The van der Waals surface area contributed by atoms with Gasteiger partial charge in [-0.05, 0) is 24.3 Å². The lowest BCUT2D eigenvalue weighted by molar-refractivity contribution is -0.114. The summed E-state index contributed by atoms with van der Waals surface area (Å²) in [6.45, 7) is 1.39. The monoisotopic (exact) mass is 302 g/mol. The predicted molar refractivity (Wildman–Crippen MR) is 78.9 cm³/mol. The highest BCUT2D eigenvalue weighted by atomic mass is 16.4. The zero-order valence-electron chi connectivity index (χ0n) is 12.0. The standard InChI is InChI=1S/C14H14N4O4/c1-8(19)16-9-3-5-10(6-4-9)17-13(20)12-11(14(21)22)7-15-18(12)2/h3-7H,1-2H3,(H,16,19)(H,17,20)(H,21,22). The van der Waals surface area contributed by atoms with Crippen molar-refractivity contribution in [1.82, 2.24) is 9.78 Å². The molecule has 0 atom stereocenters. The van der Waals surface area contributed by atoms with Crippen molar-refractivity contribution in [2.24, 2.45) is 7.05 Å². The number of benzene rings is 1. The molecule has 3 N–H and O–H groups in total. The average Bonchev–Trinajstić information content (AvgIpc) is 2.82. The molecule has 2 amide bonds. The lowest BCUT2D eigenvalue weighted by Gasteiger charge is -2.08. The molecule has 0 saturated carbocycles. The Morgan fingerprint density at radius 3 is 2.14 bits per heavy atom. The maximum Gasteiger partial charge on any atom is 0.339 e. The first-order valence-corrected chi connectivity index (χ1v) is 6.33. The first kappa shape index (κ1) is 15.2. The highest BCUT2D eigenvalue weighted by molar-refractivity contribution is 6.09. The number of hydrogen-bond acceptors (Lipinski definition) is 4. The van der Waals surface area contributed by atoms with Gasteiger partial charge in [-0.2, -0.15) is 5.10 Å². The van der Waals surface area contributed by atoms with Crippen LogP contribution in [0.25, 0.3) is 0 Å². The molecule has 1 heterocycles. The Morgan fingerprint density at radius 1 is 1.09 bits per heavy atom. The van der Waals surface area contributed by atoms with Crippen molar-refractivity contribution >= 4 is 29.2 Å². The molecule has 22 heavy (non-hydrogen) atoms. The van der Waals surface area contributed by atoms with Crippen LogP contribution in [0.15, 0.2) is 30.5 Å². The van der Waals surface area contributed by atoms with Crippen LogP contribution in [0.2, 0.25) is 0 Å². The van der Waals surface area contributed by atoms with Crippen LogP contribution >= 0.6 is 0 Å². The molecule has 0 aliphatic carbocycles. The maximum absolute atomic E-state index is 12.2. The third kappa shape index (κ3) is 3.29. The van der Waals surface area contributed by atoms with Crippen LogP contribution in [0.5, 0.6) is 0 Å². The summed E-state index contributed by atoms with van der Waals surface area (Å²) in [7, 11) is 1.49. The molecule has 0 fully saturated rings. The average molecular weight is 302 g/mol. The van der Waals surface area contributed by atoms with Gasteiger partial charge in [0, 0.05) is 25.3 Å². The Labute approximate surface area is 125 Å². The van der Waals surface area contributed by atoms with E-state index in [1.54, 1.807) is 24.3 Å². The van der Waals surface area contributed by atoms with Gasteiger partial charge in [-0.1, -0.05) is 0 Å².